The molecule has 2 heterocycles. The van der Waals surface area contributed by atoms with Gasteiger partial charge in [0.05, 0.1) is 30.9 Å². The summed E-state index contributed by atoms with van der Waals surface area (Å²) >= 11 is 0. The summed E-state index contributed by atoms with van der Waals surface area (Å²) in [5.74, 6) is 1.70. The van der Waals surface area contributed by atoms with E-state index in [-0.39, 0.29) is 42.6 Å². The van der Waals surface area contributed by atoms with Gasteiger partial charge in [-0.05, 0) is 54.4 Å². The molecule has 6 nitrogen and oxygen atoms in total. The Morgan fingerprint density at radius 2 is 1.82 bits per heavy atom. The van der Waals surface area contributed by atoms with E-state index in [4.69, 9.17) is 4.42 Å². The van der Waals surface area contributed by atoms with Crippen molar-refractivity contribution >= 4 is 15.7 Å². The predicted molar refractivity (Wildman–Crippen MR) is 134 cm³/mol. The van der Waals surface area contributed by atoms with Crippen molar-refractivity contribution in [1.82, 2.24) is 10.2 Å². The Morgan fingerprint density at radius 3 is 2.41 bits per heavy atom. The van der Waals surface area contributed by atoms with E-state index >= 15 is 0 Å². The molecular weight excluding hydrogens is 448 g/mol. The SMILES string of the molecule is CC(C)[C@H](NCC(=O)N(Cc1ccco1)[C@H]1CCS(=O)(=O)C1)c1ccc(C2CCCCC2)cc1. The van der Waals surface area contributed by atoms with Gasteiger partial charge in [-0.25, -0.2) is 8.42 Å². The standard InChI is InChI=1S/C27H38N2O4S/c1-20(2)27(23-12-10-22(11-13-23)21-7-4-3-5-8-21)28-17-26(30)29(18-25-9-6-15-33-25)24-14-16-34(31,32)19-24/h6,9-13,15,20-21,24,27-28H,3-5,7-8,14,16-19H2,1-2H3/t24-,27-/m0/s1. The minimum Gasteiger partial charge on any atom is -0.467 e. The first-order valence-corrected chi connectivity index (χ1v) is 14.5. The molecule has 1 saturated carbocycles. The van der Waals surface area contributed by atoms with Crippen LogP contribution in [0.2, 0.25) is 0 Å². The molecule has 1 aliphatic heterocycles. The maximum atomic E-state index is 13.3. The number of sulfone groups is 1. The van der Waals surface area contributed by atoms with Crippen molar-refractivity contribution in [3.8, 4) is 0 Å². The van der Waals surface area contributed by atoms with Crippen molar-refractivity contribution in [2.24, 2.45) is 5.92 Å². The van der Waals surface area contributed by atoms with E-state index < -0.39 is 9.84 Å². The van der Waals surface area contributed by atoms with E-state index in [0.29, 0.717) is 24.0 Å². The van der Waals surface area contributed by atoms with Crippen molar-refractivity contribution < 1.29 is 17.6 Å². The Bertz CT molecular complexity index is 1030. The minimum absolute atomic E-state index is 0.0235. The van der Waals surface area contributed by atoms with Crippen molar-refractivity contribution in [1.29, 1.82) is 0 Å². The maximum absolute atomic E-state index is 13.3. The zero-order valence-corrected chi connectivity index (χ0v) is 21.2. The van der Waals surface area contributed by atoms with E-state index in [1.165, 1.54) is 43.2 Å². The maximum Gasteiger partial charge on any atom is 0.237 e. The molecule has 1 N–H and O–H groups in total. The molecule has 0 bridgehead atoms. The van der Waals surface area contributed by atoms with Crippen LogP contribution in [-0.2, 0) is 21.2 Å². The molecule has 1 aromatic carbocycles. The summed E-state index contributed by atoms with van der Waals surface area (Å²) in [5, 5.41) is 3.47. The fourth-order valence-electron chi connectivity index (χ4n) is 5.46. The van der Waals surface area contributed by atoms with Gasteiger partial charge in [-0.1, -0.05) is 57.4 Å². The van der Waals surface area contributed by atoms with Gasteiger partial charge in [0, 0.05) is 12.1 Å². The lowest BCUT2D eigenvalue weighted by Gasteiger charge is -2.30. The van der Waals surface area contributed by atoms with Crippen LogP contribution in [0.3, 0.4) is 0 Å². The molecule has 186 valence electrons. The number of rotatable bonds is 9. The van der Waals surface area contributed by atoms with E-state index in [2.05, 4.69) is 43.4 Å². The smallest absolute Gasteiger partial charge is 0.237 e. The lowest BCUT2D eigenvalue weighted by atomic mass is 9.83. The lowest BCUT2D eigenvalue weighted by molar-refractivity contribution is -0.133. The molecule has 1 saturated heterocycles. The molecule has 4 rings (SSSR count). The van der Waals surface area contributed by atoms with Gasteiger partial charge in [0.1, 0.15) is 5.76 Å². The fourth-order valence-corrected chi connectivity index (χ4v) is 7.19. The predicted octanol–water partition coefficient (Wildman–Crippen LogP) is 4.83. The Kier molecular flexibility index (Phi) is 8.14. The number of carbonyl (C=O) groups is 1. The minimum atomic E-state index is -3.10. The summed E-state index contributed by atoms with van der Waals surface area (Å²) in [4.78, 5) is 15.0. The third-order valence-electron chi connectivity index (χ3n) is 7.39. The number of amides is 1. The van der Waals surface area contributed by atoms with Gasteiger partial charge in [-0.15, -0.1) is 0 Å². The second-order valence-corrected chi connectivity index (χ2v) is 12.5. The van der Waals surface area contributed by atoms with Crippen LogP contribution in [0.4, 0.5) is 0 Å². The Labute approximate surface area is 204 Å². The molecule has 34 heavy (non-hydrogen) atoms. The molecule has 0 unspecified atom stereocenters. The molecule has 1 aliphatic carbocycles. The molecule has 1 amide bonds. The first-order valence-electron chi connectivity index (χ1n) is 12.7. The second-order valence-electron chi connectivity index (χ2n) is 10.3. The summed E-state index contributed by atoms with van der Waals surface area (Å²) in [6.07, 6.45) is 8.61. The zero-order valence-electron chi connectivity index (χ0n) is 20.4. The summed E-state index contributed by atoms with van der Waals surface area (Å²) < 4.78 is 29.6. The first-order chi connectivity index (χ1) is 16.3. The van der Waals surface area contributed by atoms with Crippen LogP contribution in [-0.4, -0.2) is 43.3 Å². The molecule has 0 spiro atoms. The summed E-state index contributed by atoms with van der Waals surface area (Å²) in [7, 11) is -3.10. The highest BCUT2D eigenvalue weighted by Crippen LogP contribution is 2.33. The van der Waals surface area contributed by atoms with Gasteiger partial charge in [-0.2, -0.15) is 0 Å². The van der Waals surface area contributed by atoms with Gasteiger partial charge in [0.25, 0.3) is 0 Å². The van der Waals surface area contributed by atoms with Gasteiger partial charge in [0.2, 0.25) is 5.91 Å². The summed E-state index contributed by atoms with van der Waals surface area (Å²) in [6, 6.07) is 12.3. The van der Waals surface area contributed by atoms with E-state index in [9.17, 15) is 13.2 Å². The first kappa shape index (κ1) is 25.0. The monoisotopic (exact) mass is 486 g/mol. The van der Waals surface area contributed by atoms with Crippen molar-refractivity contribution in [3.05, 3.63) is 59.5 Å². The molecule has 0 radical (unpaired) electrons. The van der Waals surface area contributed by atoms with E-state index in [0.717, 1.165) is 0 Å². The average molecular weight is 487 g/mol. The quantitative estimate of drug-likeness (QED) is 0.549. The van der Waals surface area contributed by atoms with E-state index in [1.807, 2.05) is 6.07 Å². The Hall–Kier alpha value is -2.12. The molecule has 2 atom stereocenters. The molecule has 2 aliphatic rings. The van der Waals surface area contributed by atoms with Crippen LogP contribution in [0.25, 0.3) is 0 Å². The van der Waals surface area contributed by atoms with Gasteiger partial charge < -0.3 is 14.6 Å². The Morgan fingerprint density at radius 1 is 1.09 bits per heavy atom. The fraction of sp³-hybridized carbons (Fsp3) is 0.593. The van der Waals surface area contributed by atoms with Crippen molar-refractivity contribution in [2.45, 2.75) is 76.9 Å². The third kappa shape index (κ3) is 6.30. The zero-order chi connectivity index (χ0) is 24.1. The lowest BCUT2D eigenvalue weighted by Crippen LogP contribution is -2.45. The number of carbonyl (C=O) groups excluding carboxylic acids is 1. The highest BCUT2D eigenvalue weighted by Gasteiger charge is 2.35. The van der Waals surface area contributed by atoms with Crippen LogP contribution in [0.5, 0.6) is 0 Å². The number of nitrogens with zero attached hydrogens (tertiary/aromatic N) is 1. The van der Waals surface area contributed by atoms with Gasteiger partial charge in [-0.3, -0.25) is 4.79 Å². The third-order valence-corrected chi connectivity index (χ3v) is 9.14. The molecule has 1 aromatic heterocycles. The number of furan rings is 1. The number of benzene rings is 1. The number of hydrogen-bond donors (Lipinski definition) is 1. The molecule has 2 aromatic rings. The largest absolute Gasteiger partial charge is 0.467 e. The van der Waals surface area contributed by atoms with Crippen LogP contribution in [0, 0.1) is 5.92 Å². The van der Waals surface area contributed by atoms with Crippen molar-refractivity contribution in [3.63, 3.8) is 0 Å². The highest BCUT2D eigenvalue weighted by molar-refractivity contribution is 7.91. The van der Waals surface area contributed by atoms with Crippen LogP contribution in [0.1, 0.15) is 81.2 Å². The molecular formula is C27H38N2O4S. The average Bonchev–Trinajstić information content (AvgIpc) is 3.47. The second kappa shape index (κ2) is 11.1. The van der Waals surface area contributed by atoms with Crippen LogP contribution >= 0.6 is 0 Å². The number of nitrogens with one attached hydrogen (secondary N) is 1. The highest BCUT2D eigenvalue weighted by atomic mass is 32.2. The van der Waals surface area contributed by atoms with Gasteiger partial charge in [0.15, 0.2) is 9.84 Å². The van der Waals surface area contributed by atoms with Crippen molar-refractivity contribution in [2.75, 3.05) is 18.1 Å². The summed E-state index contributed by atoms with van der Waals surface area (Å²) in [5.41, 5.74) is 2.61. The van der Waals surface area contributed by atoms with Gasteiger partial charge >= 0.3 is 0 Å². The van der Waals surface area contributed by atoms with Crippen LogP contribution < -0.4 is 5.32 Å². The molecule has 7 heteroatoms. The van der Waals surface area contributed by atoms with E-state index in [1.54, 1.807) is 17.2 Å². The Balaban J connectivity index is 1.43. The summed E-state index contributed by atoms with van der Waals surface area (Å²) in [6.45, 7) is 4.75. The normalized spacial score (nSPS) is 21.6. The number of hydrogen-bond acceptors (Lipinski definition) is 5. The molecule has 2 fully saturated rings. The van der Waals surface area contributed by atoms with Crippen LogP contribution in [0.15, 0.2) is 47.1 Å². The topological polar surface area (TPSA) is 79.6 Å².